The number of ketones is 1. The Kier molecular flexibility index (Phi) is 40.7. The van der Waals surface area contributed by atoms with Gasteiger partial charge in [0, 0.05) is 23.9 Å². The Morgan fingerprint density at radius 2 is 1.01 bits per heavy atom. The number of carbonyl (C=O) groups excluding carboxylic acids is 9. The Morgan fingerprint density at radius 3 is 1.38 bits per heavy atom. The fourth-order valence-electron chi connectivity index (χ4n) is 16.3. The molecule has 2 atom stereocenters. The predicted molar refractivity (Wildman–Crippen MR) is 394 cm³/mol. The second-order valence-electron chi connectivity index (χ2n) is 34.5. The number of carboxylic acids is 1. The van der Waals surface area contributed by atoms with Gasteiger partial charge in [0.2, 0.25) is 5.24 Å². The number of aldehydes is 1. The van der Waals surface area contributed by atoms with Crippen LogP contribution in [0, 0.1) is 54.8 Å². The molecule has 9 saturated carbocycles. The normalized spacial score (nSPS) is 23.1. The number of methoxy groups -OCH3 is 3. The van der Waals surface area contributed by atoms with E-state index in [2.05, 4.69) is 65.2 Å². The third-order valence-electron chi connectivity index (χ3n) is 23.4. The Bertz CT molecular complexity index is 2550. The molecular weight excluding hydrogens is 1310 g/mol. The topological polar surface area (TPSA) is 320 Å². The van der Waals surface area contributed by atoms with Gasteiger partial charge in [0.1, 0.15) is 30.5 Å². The van der Waals surface area contributed by atoms with Gasteiger partial charge in [-0.05, 0) is 201 Å². The number of imide groups is 1. The van der Waals surface area contributed by atoms with E-state index in [1.54, 1.807) is 20.8 Å². The lowest BCUT2D eigenvalue weighted by Gasteiger charge is -2.28. The van der Waals surface area contributed by atoms with Crippen LogP contribution in [0.5, 0.6) is 0 Å². The molecule has 0 radical (unpaired) electrons. The minimum absolute atomic E-state index is 0.0120. The maximum atomic E-state index is 11.7. The fraction of sp³-hybridized carbons (Fsp3) is 0.873. The molecule has 582 valence electrons. The standard InChI is InChI=1S/C14H25NO4.C10H16N2O2.C9H16O2.C8H14N2O.C8H14O2.C8H16O.C8H14O.C7H11ClO.C7H12O2/c1-13(2,3)19-12(18)15-10(11(16)17)9-14(4)7-5-6-8-14;1-10(4-2-3-5-10)6-7-8(13)12-9(14)11-7;1-9(5-3-4-6-9)7-8(10)11-2;1-8(4-2-3-5-8)7(11)6-10-9;1-8(7(9)10-2)5-3-4-6-8;2*1-8(6-7-9)4-2-3-5-8;1-7(6(8)9)4-2-3-5-7;1-9-7(8)6-4-2-3-5-6/h10H,5-9H2,1-4H3,(H,15,18)(H,16,17);7H,2-6H2,1H3,(H2,11,12,13,14);3-7H2,1-2H3;9H,2-6H2,1H3;3-6H2,1-2H3;9H,2-7H2,1H3;7H,2-6H2,1H3;2-5H2,1H3;6H,2-5H2,1H3. The van der Waals surface area contributed by atoms with Gasteiger partial charge in [0.25, 0.3) is 5.91 Å². The molecule has 10 rings (SSSR count). The molecule has 1 saturated heterocycles. The molecule has 101 heavy (non-hydrogen) atoms. The van der Waals surface area contributed by atoms with Crippen molar-refractivity contribution in [1.29, 1.82) is 5.53 Å². The minimum Gasteiger partial charge on any atom is -0.480 e. The lowest BCUT2D eigenvalue weighted by Crippen LogP contribution is -2.45. The molecule has 2 unspecified atom stereocenters. The maximum absolute atomic E-state index is 11.7. The number of aliphatic hydroxyl groups excluding tert-OH is 1. The molecule has 10 fully saturated rings. The first kappa shape index (κ1) is 92.0. The SMILES string of the molecule is CC1(C(=O)CN=N)CCCC1.CC1(C(=O)Cl)CCCC1.CC1(CC(NC(=O)OC(C)(C)C)C(=O)O)CCCC1.CC1(CC2NC(=O)NC2=O)CCCC1.CC1(CC=O)CCCC1.CC1(CCO)CCCC1.COC(=O)C1(C)CCCC1.COC(=O)C1CCCC1.COC(=O)CC1(C)CCCC1. The van der Waals surface area contributed by atoms with Gasteiger partial charge in [-0.3, -0.25) is 34.1 Å². The van der Waals surface area contributed by atoms with Crippen molar-refractivity contribution < 1.29 is 77.1 Å². The smallest absolute Gasteiger partial charge is 0.408 e. The summed E-state index contributed by atoms with van der Waals surface area (Å²) in [6.07, 6.45) is 46.0. The number of aliphatic hydroxyl groups is 1. The highest BCUT2D eigenvalue weighted by Gasteiger charge is 2.41. The molecular formula is C79H138ClN5O16. The number of nitrogens with one attached hydrogen (secondary N) is 4. The average Bonchev–Trinajstić information content (AvgIpc) is 1.74. The van der Waals surface area contributed by atoms with Gasteiger partial charge in [0.05, 0.1) is 39.1 Å². The zero-order valence-corrected chi connectivity index (χ0v) is 65.9. The Labute approximate surface area is 612 Å². The number of alkyl carbamates (subject to hydrolysis) is 1. The van der Waals surface area contributed by atoms with Gasteiger partial charge >= 0.3 is 36.0 Å². The molecule has 1 aliphatic heterocycles. The zero-order chi connectivity index (χ0) is 76.2. The van der Waals surface area contributed by atoms with E-state index < -0.39 is 23.7 Å². The Morgan fingerprint density at radius 1 is 0.594 bits per heavy atom. The third-order valence-corrected chi connectivity index (χ3v) is 23.9. The van der Waals surface area contributed by atoms with Crippen LogP contribution in [0.25, 0.3) is 0 Å². The summed E-state index contributed by atoms with van der Waals surface area (Å²) in [7, 11) is 4.38. The lowest BCUT2D eigenvalue weighted by molar-refractivity contribution is -0.151. The number of halogens is 1. The number of urea groups is 1. The molecule has 21 nitrogen and oxygen atoms in total. The van der Waals surface area contributed by atoms with E-state index in [1.165, 1.54) is 150 Å². The molecule has 0 bridgehead atoms. The van der Waals surface area contributed by atoms with E-state index in [-0.39, 0.29) is 91.9 Å². The van der Waals surface area contributed by atoms with E-state index in [4.69, 9.17) is 31.7 Å². The van der Waals surface area contributed by atoms with Crippen LogP contribution in [0.4, 0.5) is 9.59 Å². The van der Waals surface area contributed by atoms with Crippen molar-refractivity contribution in [3.8, 4) is 0 Å². The van der Waals surface area contributed by atoms with Crippen molar-refractivity contribution in [2.24, 2.45) is 54.4 Å². The summed E-state index contributed by atoms with van der Waals surface area (Å²) in [5.41, 5.74) is 6.86. The first-order chi connectivity index (χ1) is 47.3. The fourth-order valence-corrected chi connectivity index (χ4v) is 16.5. The number of hydrogen-bond donors (Lipinski definition) is 6. The van der Waals surface area contributed by atoms with Crippen molar-refractivity contribution in [3.05, 3.63) is 0 Å². The van der Waals surface area contributed by atoms with Gasteiger partial charge < -0.3 is 44.6 Å². The summed E-state index contributed by atoms with van der Waals surface area (Å²) in [5, 5.41) is 28.3. The quantitative estimate of drug-likeness (QED) is 0.0185. The van der Waals surface area contributed by atoms with Gasteiger partial charge in [0.15, 0.2) is 5.78 Å². The number of Topliss-reactive ketones (excluding diaryl/α,β-unsaturated/α-hetero) is 1. The summed E-state index contributed by atoms with van der Waals surface area (Å²) in [5.74, 6) is -0.922. The van der Waals surface area contributed by atoms with E-state index in [0.29, 0.717) is 30.3 Å². The van der Waals surface area contributed by atoms with Crippen LogP contribution in [0.1, 0.15) is 339 Å². The van der Waals surface area contributed by atoms with E-state index in [1.807, 2.05) is 20.8 Å². The van der Waals surface area contributed by atoms with Crippen LogP contribution in [0.15, 0.2) is 5.11 Å². The number of nitrogens with zero attached hydrogens (tertiary/aromatic N) is 1. The van der Waals surface area contributed by atoms with Gasteiger partial charge in [-0.15, -0.1) is 0 Å². The number of aliphatic carboxylic acids is 1. The third kappa shape index (κ3) is 35.1. The summed E-state index contributed by atoms with van der Waals surface area (Å²) in [4.78, 5) is 110. The first-order valence-electron chi connectivity index (χ1n) is 38.5. The van der Waals surface area contributed by atoms with Gasteiger partial charge in [-0.2, -0.15) is 5.11 Å². The molecule has 0 aromatic carbocycles. The van der Waals surface area contributed by atoms with Crippen molar-refractivity contribution in [2.45, 2.75) is 357 Å². The summed E-state index contributed by atoms with van der Waals surface area (Å²) >= 11 is 5.39. The Balaban J connectivity index is 0.000000391. The number of ether oxygens (including phenoxy) is 4. The second-order valence-corrected chi connectivity index (χ2v) is 34.8. The number of carbonyl (C=O) groups is 10. The number of rotatable bonds is 18. The van der Waals surface area contributed by atoms with Crippen molar-refractivity contribution in [3.63, 3.8) is 0 Å². The van der Waals surface area contributed by atoms with Crippen LogP contribution in [-0.4, -0.2) is 122 Å². The van der Waals surface area contributed by atoms with Crippen molar-refractivity contribution >= 4 is 70.8 Å². The molecule has 9 aliphatic carbocycles. The first-order valence-corrected chi connectivity index (χ1v) is 38.8. The maximum Gasteiger partial charge on any atom is 0.408 e. The highest BCUT2D eigenvalue weighted by molar-refractivity contribution is 6.64. The highest BCUT2D eigenvalue weighted by atomic mass is 35.5. The highest BCUT2D eigenvalue weighted by Crippen LogP contribution is 2.46. The van der Waals surface area contributed by atoms with Crippen LogP contribution < -0.4 is 16.0 Å². The predicted octanol–water partition coefficient (Wildman–Crippen LogP) is 17.9. The summed E-state index contributed by atoms with van der Waals surface area (Å²) < 4.78 is 19.0. The van der Waals surface area contributed by atoms with Gasteiger partial charge in [-0.25, -0.2) is 19.9 Å². The zero-order valence-electron chi connectivity index (χ0n) is 65.2. The van der Waals surface area contributed by atoms with Crippen LogP contribution in [0.2, 0.25) is 0 Å². The minimum atomic E-state index is -1.00. The average molecular weight is 1450 g/mol. The van der Waals surface area contributed by atoms with Crippen molar-refractivity contribution in [1.82, 2.24) is 16.0 Å². The van der Waals surface area contributed by atoms with Crippen LogP contribution in [0.3, 0.4) is 0 Å². The van der Waals surface area contributed by atoms with E-state index >= 15 is 0 Å². The molecule has 0 aromatic heterocycles. The molecule has 1 heterocycles. The van der Waals surface area contributed by atoms with E-state index in [0.717, 1.165) is 128 Å². The second kappa shape index (κ2) is 44.7. The number of carboxylic acid groups (broad SMARTS) is 1. The number of hydrogen-bond acceptors (Lipinski definition) is 17. The Hall–Kier alpha value is -5.05. The number of amides is 4. The van der Waals surface area contributed by atoms with Gasteiger partial charge in [-0.1, -0.05) is 164 Å². The lowest BCUT2D eigenvalue weighted by atomic mass is 9.82. The van der Waals surface area contributed by atoms with Crippen LogP contribution in [-0.2, 0) is 57.3 Å². The number of esters is 3. The summed E-state index contributed by atoms with van der Waals surface area (Å²) in [6, 6.07) is -1.52. The molecule has 0 spiro atoms. The molecule has 0 aromatic rings. The largest absolute Gasteiger partial charge is 0.480 e. The molecule has 22 heteroatoms. The van der Waals surface area contributed by atoms with Crippen molar-refractivity contribution in [2.75, 3.05) is 34.5 Å². The molecule has 6 N–H and O–H groups in total. The van der Waals surface area contributed by atoms with E-state index in [9.17, 15) is 53.1 Å². The molecule has 4 amide bonds. The monoisotopic (exact) mass is 1450 g/mol. The molecule has 10 aliphatic rings. The summed E-state index contributed by atoms with van der Waals surface area (Å²) in [6.45, 7) is 22.6. The van der Waals surface area contributed by atoms with Crippen LogP contribution >= 0.6 is 11.6 Å².